The monoisotopic (exact) mass is 535 g/mol. The maximum atomic E-state index is 13.1. The molecule has 0 saturated carbocycles. The van der Waals surface area contributed by atoms with Crippen molar-refractivity contribution in [1.82, 2.24) is 25.2 Å². The van der Waals surface area contributed by atoms with E-state index in [0.29, 0.717) is 12.1 Å². The molecule has 0 unspecified atom stereocenters. The summed E-state index contributed by atoms with van der Waals surface area (Å²) >= 11 is 0. The largest absolute Gasteiger partial charge is 0.464 e. The molecule has 1 atom stereocenters. The molecule has 10 heteroatoms. The van der Waals surface area contributed by atoms with Gasteiger partial charge in [0.05, 0.1) is 59.9 Å². The summed E-state index contributed by atoms with van der Waals surface area (Å²) in [7, 11) is 0. The van der Waals surface area contributed by atoms with Gasteiger partial charge in [-0.15, -0.1) is 0 Å². The van der Waals surface area contributed by atoms with Gasteiger partial charge in [0.1, 0.15) is 11.4 Å². The molecule has 0 aliphatic carbocycles. The van der Waals surface area contributed by atoms with E-state index in [0.717, 1.165) is 102 Å². The molecule has 2 saturated heterocycles. The van der Waals surface area contributed by atoms with Crippen molar-refractivity contribution in [2.24, 2.45) is 0 Å². The van der Waals surface area contributed by atoms with Gasteiger partial charge in [-0.2, -0.15) is 5.10 Å². The van der Waals surface area contributed by atoms with Crippen LogP contribution in [0.25, 0.3) is 27.6 Å². The molecule has 5 aromatic rings. The standard InChI is InChI=1S/C30H29N7O3/c38-30-27-20(16-32-30)18(21-17-33-37-10-7-25-19(29(21)37)8-13-40-25)3-4-22(27)34-26-6-5-24(36-11-14-39-15-12-36)28(35-26)23-2-1-9-31-23/h3-8,10,13,17,23,31H,1-2,9,11-12,14-16H2,(H,32,38)(H,34,35)/t23-/m1/s1. The Balaban J connectivity index is 1.19. The van der Waals surface area contributed by atoms with Gasteiger partial charge in [0.2, 0.25) is 0 Å². The predicted molar refractivity (Wildman–Crippen MR) is 152 cm³/mol. The molecule has 3 aliphatic rings. The van der Waals surface area contributed by atoms with Crippen LogP contribution in [0.4, 0.5) is 17.2 Å². The molecule has 2 fully saturated rings. The molecule has 0 radical (unpaired) electrons. The number of carbonyl (C=O) groups is 1. The van der Waals surface area contributed by atoms with E-state index in [2.05, 4.69) is 38.1 Å². The van der Waals surface area contributed by atoms with E-state index in [9.17, 15) is 4.79 Å². The van der Waals surface area contributed by atoms with E-state index in [-0.39, 0.29) is 11.9 Å². The van der Waals surface area contributed by atoms with Crippen LogP contribution in [0.3, 0.4) is 0 Å². The number of aromatic nitrogens is 3. The van der Waals surface area contributed by atoms with Crippen LogP contribution >= 0.6 is 0 Å². The maximum Gasteiger partial charge on any atom is 0.254 e. The van der Waals surface area contributed by atoms with Crippen molar-refractivity contribution in [3.8, 4) is 11.1 Å². The minimum Gasteiger partial charge on any atom is -0.464 e. The third-order valence-electron chi connectivity index (χ3n) is 8.28. The molecule has 8 rings (SSSR count). The highest BCUT2D eigenvalue weighted by atomic mass is 16.5. The first kappa shape index (κ1) is 23.5. The van der Waals surface area contributed by atoms with Crippen LogP contribution in [0, 0.1) is 0 Å². The second kappa shape index (κ2) is 9.35. The normalized spacial score (nSPS) is 18.9. The maximum absolute atomic E-state index is 13.1. The van der Waals surface area contributed by atoms with Crippen molar-refractivity contribution in [2.45, 2.75) is 25.4 Å². The van der Waals surface area contributed by atoms with Crippen LogP contribution in [-0.4, -0.2) is 53.4 Å². The van der Waals surface area contributed by atoms with Crippen molar-refractivity contribution < 1.29 is 13.9 Å². The SMILES string of the molecule is O=C1NCc2c(-c3cnn4ccc5occc5c34)ccc(Nc3ccc(N4CCOCC4)c([C@H]4CCCN4)n3)c21. The zero-order valence-electron chi connectivity index (χ0n) is 21.9. The van der Waals surface area contributed by atoms with E-state index in [4.69, 9.17) is 14.1 Å². The minimum absolute atomic E-state index is 0.0908. The highest BCUT2D eigenvalue weighted by Gasteiger charge is 2.29. The van der Waals surface area contributed by atoms with Crippen LogP contribution in [0.1, 0.15) is 40.5 Å². The van der Waals surface area contributed by atoms with Gasteiger partial charge in [0.25, 0.3) is 5.91 Å². The summed E-state index contributed by atoms with van der Waals surface area (Å²) in [6.45, 7) is 4.62. The number of pyridine rings is 2. The lowest BCUT2D eigenvalue weighted by atomic mass is 9.95. The number of fused-ring (bicyclic) bond motifs is 4. The second-order valence-electron chi connectivity index (χ2n) is 10.5. The molecule has 1 amide bonds. The van der Waals surface area contributed by atoms with Gasteiger partial charge in [0.15, 0.2) is 0 Å². The zero-order chi connectivity index (χ0) is 26.6. The Morgan fingerprint density at radius 3 is 2.85 bits per heavy atom. The highest BCUT2D eigenvalue weighted by Crippen LogP contribution is 2.39. The molecule has 7 heterocycles. The van der Waals surface area contributed by atoms with E-state index >= 15 is 0 Å². The third-order valence-corrected chi connectivity index (χ3v) is 8.28. The molecule has 10 nitrogen and oxygen atoms in total. The number of amides is 1. The lowest BCUT2D eigenvalue weighted by Gasteiger charge is -2.31. The molecule has 0 spiro atoms. The van der Waals surface area contributed by atoms with Gasteiger partial charge >= 0.3 is 0 Å². The van der Waals surface area contributed by atoms with Crippen molar-refractivity contribution in [3.05, 3.63) is 71.9 Å². The van der Waals surface area contributed by atoms with E-state index in [1.54, 1.807) is 6.26 Å². The summed E-state index contributed by atoms with van der Waals surface area (Å²) in [6, 6.07) is 12.3. The number of anilines is 3. The van der Waals surface area contributed by atoms with Crippen molar-refractivity contribution in [1.29, 1.82) is 0 Å². The van der Waals surface area contributed by atoms with Crippen molar-refractivity contribution >= 4 is 39.6 Å². The topological polar surface area (TPSA) is 109 Å². The van der Waals surface area contributed by atoms with Gasteiger partial charge in [-0.25, -0.2) is 9.50 Å². The molecule has 4 aromatic heterocycles. The summed E-state index contributed by atoms with van der Waals surface area (Å²) in [5.74, 6) is 0.637. The highest BCUT2D eigenvalue weighted by molar-refractivity contribution is 6.08. The van der Waals surface area contributed by atoms with Crippen LogP contribution in [0.2, 0.25) is 0 Å². The van der Waals surface area contributed by atoms with Crippen LogP contribution in [0.15, 0.2) is 59.5 Å². The predicted octanol–water partition coefficient (Wildman–Crippen LogP) is 4.39. The number of hydrogen-bond acceptors (Lipinski definition) is 8. The van der Waals surface area contributed by atoms with Gasteiger partial charge in [-0.05, 0) is 60.8 Å². The first-order valence-corrected chi connectivity index (χ1v) is 13.9. The molecule has 40 heavy (non-hydrogen) atoms. The number of furan rings is 1. The summed E-state index contributed by atoms with van der Waals surface area (Å²) in [6.07, 6.45) is 7.64. The first-order valence-electron chi connectivity index (χ1n) is 13.9. The summed E-state index contributed by atoms with van der Waals surface area (Å²) in [4.78, 5) is 20.6. The van der Waals surface area contributed by atoms with E-state index in [1.165, 1.54) is 0 Å². The Labute approximate surface area is 230 Å². The summed E-state index contributed by atoms with van der Waals surface area (Å²) in [5, 5.41) is 15.7. The van der Waals surface area contributed by atoms with Crippen molar-refractivity contribution in [3.63, 3.8) is 0 Å². The zero-order valence-corrected chi connectivity index (χ0v) is 21.9. The average molecular weight is 536 g/mol. The Morgan fingerprint density at radius 2 is 1.98 bits per heavy atom. The van der Waals surface area contributed by atoms with Crippen LogP contribution in [-0.2, 0) is 11.3 Å². The Morgan fingerprint density at radius 1 is 1.05 bits per heavy atom. The quantitative estimate of drug-likeness (QED) is 0.304. The Kier molecular flexibility index (Phi) is 5.49. The number of nitrogens with one attached hydrogen (secondary N) is 3. The van der Waals surface area contributed by atoms with E-state index < -0.39 is 0 Å². The minimum atomic E-state index is -0.0908. The Hall–Kier alpha value is -4.41. The van der Waals surface area contributed by atoms with E-state index in [1.807, 2.05) is 41.2 Å². The number of benzene rings is 1. The molecule has 1 aromatic carbocycles. The number of hydrogen-bond donors (Lipinski definition) is 3. The van der Waals surface area contributed by atoms with Gasteiger partial charge in [0, 0.05) is 36.8 Å². The lowest BCUT2D eigenvalue weighted by molar-refractivity contribution is 0.0966. The second-order valence-corrected chi connectivity index (χ2v) is 10.5. The molecular formula is C30H29N7O3. The molecule has 3 aliphatic heterocycles. The molecule has 0 bridgehead atoms. The summed E-state index contributed by atoms with van der Waals surface area (Å²) in [5.41, 5.74) is 8.27. The fourth-order valence-electron chi connectivity index (χ4n) is 6.35. The number of ether oxygens (including phenoxy) is 1. The number of carbonyl (C=O) groups excluding carboxylic acids is 1. The number of nitrogens with zero attached hydrogens (tertiary/aromatic N) is 4. The van der Waals surface area contributed by atoms with Crippen molar-refractivity contribution in [2.75, 3.05) is 43.1 Å². The fraction of sp³-hybridized carbons (Fsp3) is 0.300. The van der Waals surface area contributed by atoms with Crippen LogP contribution < -0.4 is 20.9 Å². The fourth-order valence-corrected chi connectivity index (χ4v) is 6.35. The molecule has 202 valence electrons. The smallest absolute Gasteiger partial charge is 0.254 e. The number of rotatable bonds is 5. The molecular weight excluding hydrogens is 506 g/mol. The Bertz CT molecular complexity index is 1760. The molecule has 3 N–H and O–H groups in total. The van der Waals surface area contributed by atoms with Gasteiger partial charge in [-0.1, -0.05) is 6.07 Å². The lowest BCUT2D eigenvalue weighted by Crippen LogP contribution is -2.37. The first-order chi connectivity index (χ1) is 19.7. The summed E-state index contributed by atoms with van der Waals surface area (Å²) < 4.78 is 13.1. The number of morpholine rings is 1. The van der Waals surface area contributed by atoms with Gasteiger partial charge < -0.3 is 30.0 Å². The average Bonchev–Trinajstić information content (AvgIpc) is 3.80. The van der Waals surface area contributed by atoms with Gasteiger partial charge in [-0.3, -0.25) is 4.79 Å². The third kappa shape index (κ3) is 3.75. The van der Waals surface area contributed by atoms with Crippen LogP contribution in [0.5, 0.6) is 0 Å².